The van der Waals surface area contributed by atoms with E-state index in [9.17, 15) is 9.59 Å². The number of hydrogen-bond acceptors (Lipinski definition) is 6. The summed E-state index contributed by atoms with van der Waals surface area (Å²) in [6.45, 7) is 3.91. The number of carbonyl (C=O) groups is 2. The van der Waals surface area contributed by atoms with Gasteiger partial charge < -0.3 is 15.4 Å². The number of nitrogens with one attached hydrogen (secondary N) is 2. The molecule has 3 aromatic rings. The number of morpholine rings is 1. The van der Waals surface area contributed by atoms with Gasteiger partial charge in [-0.05, 0) is 29.8 Å². The van der Waals surface area contributed by atoms with Gasteiger partial charge in [-0.1, -0.05) is 41.9 Å². The molecule has 0 saturated carbocycles. The average molecular weight is 485 g/mol. The van der Waals surface area contributed by atoms with Gasteiger partial charge in [0.1, 0.15) is 6.04 Å². The van der Waals surface area contributed by atoms with Crippen LogP contribution in [0.25, 0.3) is 0 Å². The summed E-state index contributed by atoms with van der Waals surface area (Å²) in [6.07, 6.45) is 0.359. The van der Waals surface area contributed by atoms with Gasteiger partial charge in [0.25, 0.3) is 5.91 Å². The van der Waals surface area contributed by atoms with E-state index >= 15 is 0 Å². The summed E-state index contributed by atoms with van der Waals surface area (Å²) in [7, 11) is 0. The number of anilines is 1. The lowest BCUT2D eigenvalue weighted by Crippen LogP contribution is -2.45. The van der Waals surface area contributed by atoms with E-state index in [2.05, 4.69) is 20.5 Å². The molecular weight excluding hydrogens is 460 g/mol. The molecule has 1 aromatic heterocycles. The summed E-state index contributed by atoms with van der Waals surface area (Å²) in [6, 6.07) is 15.4. The third-order valence-electron chi connectivity index (χ3n) is 5.28. The number of ether oxygens (including phenoxy) is 1. The highest BCUT2D eigenvalue weighted by Crippen LogP contribution is 2.18. The second kappa shape index (κ2) is 11.4. The van der Waals surface area contributed by atoms with Crippen LogP contribution in [0.4, 0.5) is 5.13 Å². The molecule has 2 N–H and O–H groups in total. The third kappa shape index (κ3) is 6.85. The first kappa shape index (κ1) is 23.4. The zero-order valence-corrected chi connectivity index (χ0v) is 19.6. The van der Waals surface area contributed by atoms with Crippen molar-refractivity contribution in [3.05, 3.63) is 81.8 Å². The Morgan fingerprint density at radius 1 is 1.09 bits per heavy atom. The molecule has 33 heavy (non-hydrogen) atoms. The highest BCUT2D eigenvalue weighted by molar-refractivity contribution is 7.13. The van der Waals surface area contributed by atoms with E-state index in [0.717, 1.165) is 44.1 Å². The van der Waals surface area contributed by atoms with Crippen LogP contribution >= 0.6 is 22.9 Å². The fourth-order valence-corrected chi connectivity index (χ4v) is 4.35. The van der Waals surface area contributed by atoms with Crippen LogP contribution < -0.4 is 10.6 Å². The summed E-state index contributed by atoms with van der Waals surface area (Å²) < 4.78 is 5.38. The number of carbonyl (C=O) groups excluding carboxylic acids is 2. The predicted molar refractivity (Wildman–Crippen MR) is 130 cm³/mol. The standard InChI is InChI=1S/C24H25ClN4O3S/c25-19-8-6-18(7-9-19)22(30)27-21(14-17-4-2-1-3-5-17)23(31)28-24-26-20(16-33-24)15-29-10-12-32-13-11-29/h1-9,16,21H,10-15H2,(H,27,30)(H,26,28,31). The minimum atomic E-state index is -0.762. The van der Waals surface area contributed by atoms with Crippen LogP contribution in [0.3, 0.4) is 0 Å². The molecule has 2 aromatic carbocycles. The maximum Gasteiger partial charge on any atom is 0.251 e. The van der Waals surface area contributed by atoms with Crippen molar-refractivity contribution in [3.63, 3.8) is 0 Å². The Hall–Kier alpha value is -2.78. The Kier molecular flexibility index (Phi) is 8.06. The van der Waals surface area contributed by atoms with Crippen molar-refractivity contribution in [2.24, 2.45) is 0 Å². The van der Waals surface area contributed by atoms with Gasteiger partial charge in [0.05, 0.1) is 18.9 Å². The van der Waals surface area contributed by atoms with Crippen LogP contribution in [0.1, 0.15) is 21.6 Å². The van der Waals surface area contributed by atoms with E-state index in [-0.39, 0.29) is 11.8 Å². The van der Waals surface area contributed by atoms with Crippen molar-refractivity contribution in [2.45, 2.75) is 19.0 Å². The largest absolute Gasteiger partial charge is 0.379 e. The Morgan fingerprint density at radius 3 is 2.55 bits per heavy atom. The molecule has 1 aliphatic rings. The number of amides is 2. The maximum atomic E-state index is 13.1. The minimum absolute atomic E-state index is 0.312. The van der Waals surface area contributed by atoms with Crippen molar-refractivity contribution in [1.82, 2.24) is 15.2 Å². The number of halogens is 1. The monoisotopic (exact) mass is 484 g/mol. The molecule has 0 spiro atoms. The second-order valence-corrected chi connectivity index (χ2v) is 9.04. The van der Waals surface area contributed by atoms with E-state index in [4.69, 9.17) is 16.3 Å². The predicted octanol–water partition coefficient (Wildman–Crippen LogP) is 3.61. The molecule has 1 atom stereocenters. The van der Waals surface area contributed by atoms with Crippen molar-refractivity contribution < 1.29 is 14.3 Å². The highest BCUT2D eigenvalue weighted by atomic mass is 35.5. The molecule has 4 rings (SSSR count). The van der Waals surface area contributed by atoms with E-state index in [0.29, 0.717) is 22.1 Å². The van der Waals surface area contributed by atoms with Crippen LogP contribution in [0.5, 0.6) is 0 Å². The van der Waals surface area contributed by atoms with Gasteiger partial charge in [-0.15, -0.1) is 11.3 Å². The normalized spacial score (nSPS) is 15.1. The maximum absolute atomic E-state index is 13.1. The number of nitrogens with zero attached hydrogens (tertiary/aromatic N) is 2. The first-order chi connectivity index (χ1) is 16.1. The number of benzene rings is 2. The molecule has 7 nitrogen and oxygen atoms in total. The van der Waals surface area contributed by atoms with Crippen LogP contribution in [-0.4, -0.2) is 54.0 Å². The van der Waals surface area contributed by atoms with Gasteiger partial charge in [0, 0.05) is 42.0 Å². The Bertz CT molecular complexity index is 1070. The topological polar surface area (TPSA) is 83.6 Å². The van der Waals surface area contributed by atoms with E-state index in [1.54, 1.807) is 24.3 Å². The SMILES string of the molecule is O=C(NC(Cc1ccccc1)C(=O)Nc1nc(CN2CCOCC2)cs1)c1ccc(Cl)cc1. The zero-order chi connectivity index (χ0) is 23.0. The van der Waals surface area contributed by atoms with Crippen LogP contribution in [-0.2, 0) is 22.5 Å². The lowest BCUT2D eigenvalue weighted by molar-refractivity contribution is -0.118. The number of hydrogen-bond donors (Lipinski definition) is 2. The van der Waals surface area contributed by atoms with Gasteiger partial charge in [-0.2, -0.15) is 0 Å². The molecule has 1 unspecified atom stereocenters. The third-order valence-corrected chi connectivity index (χ3v) is 6.34. The van der Waals surface area contributed by atoms with Gasteiger partial charge in [0.15, 0.2) is 5.13 Å². The molecular formula is C24H25ClN4O3S. The lowest BCUT2D eigenvalue weighted by Gasteiger charge is -2.25. The quantitative estimate of drug-likeness (QED) is 0.510. The zero-order valence-electron chi connectivity index (χ0n) is 18.0. The number of aromatic nitrogens is 1. The Morgan fingerprint density at radius 2 is 1.82 bits per heavy atom. The second-order valence-electron chi connectivity index (χ2n) is 7.74. The molecule has 9 heteroatoms. The fourth-order valence-electron chi connectivity index (χ4n) is 3.52. The molecule has 2 heterocycles. The highest BCUT2D eigenvalue weighted by Gasteiger charge is 2.23. The van der Waals surface area contributed by atoms with Crippen molar-refractivity contribution in [3.8, 4) is 0 Å². The molecule has 1 saturated heterocycles. The fraction of sp³-hybridized carbons (Fsp3) is 0.292. The molecule has 0 aliphatic carbocycles. The Labute approximate surface area is 201 Å². The summed E-state index contributed by atoms with van der Waals surface area (Å²) in [5.74, 6) is -0.650. The molecule has 1 fully saturated rings. The molecule has 1 aliphatic heterocycles. The minimum Gasteiger partial charge on any atom is -0.379 e. The van der Waals surface area contributed by atoms with Gasteiger partial charge in [-0.25, -0.2) is 4.98 Å². The van der Waals surface area contributed by atoms with Crippen molar-refractivity contribution >= 4 is 39.9 Å². The van der Waals surface area contributed by atoms with Crippen LogP contribution in [0, 0.1) is 0 Å². The van der Waals surface area contributed by atoms with Crippen LogP contribution in [0.15, 0.2) is 60.0 Å². The van der Waals surface area contributed by atoms with E-state index < -0.39 is 6.04 Å². The molecule has 0 bridgehead atoms. The smallest absolute Gasteiger partial charge is 0.251 e. The Balaban J connectivity index is 1.43. The van der Waals surface area contributed by atoms with Crippen LogP contribution in [0.2, 0.25) is 5.02 Å². The molecule has 2 amide bonds. The van der Waals surface area contributed by atoms with Gasteiger partial charge >= 0.3 is 0 Å². The van der Waals surface area contributed by atoms with Gasteiger partial charge in [0.2, 0.25) is 5.91 Å². The first-order valence-corrected chi connectivity index (χ1v) is 12.0. The molecule has 0 radical (unpaired) electrons. The van der Waals surface area contributed by atoms with E-state index in [1.807, 2.05) is 35.7 Å². The van der Waals surface area contributed by atoms with Crippen molar-refractivity contribution in [1.29, 1.82) is 0 Å². The van der Waals surface area contributed by atoms with Crippen molar-refractivity contribution in [2.75, 3.05) is 31.6 Å². The summed E-state index contributed by atoms with van der Waals surface area (Å²) in [5, 5.41) is 8.74. The van der Waals surface area contributed by atoms with Gasteiger partial charge in [-0.3, -0.25) is 14.5 Å². The number of thiazole rings is 1. The summed E-state index contributed by atoms with van der Waals surface area (Å²) >= 11 is 7.30. The summed E-state index contributed by atoms with van der Waals surface area (Å²) in [4.78, 5) is 32.7. The summed E-state index contributed by atoms with van der Waals surface area (Å²) in [5.41, 5.74) is 2.29. The average Bonchev–Trinajstić information content (AvgIpc) is 3.27. The first-order valence-electron chi connectivity index (χ1n) is 10.7. The molecule has 172 valence electrons. The van der Waals surface area contributed by atoms with E-state index in [1.165, 1.54) is 11.3 Å². The lowest BCUT2D eigenvalue weighted by atomic mass is 10.0. The number of rotatable bonds is 8.